The molecule has 0 atom stereocenters. The van der Waals surface area contributed by atoms with Gasteiger partial charge in [-0.25, -0.2) is 26.7 Å². The second kappa shape index (κ2) is 4.71. The van der Waals surface area contributed by atoms with Gasteiger partial charge in [-0.2, -0.15) is 0 Å². The van der Waals surface area contributed by atoms with Gasteiger partial charge >= 0.3 is 0 Å². The second-order valence-corrected chi connectivity index (χ2v) is 4.37. The van der Waals surface area contributed by atoms with Gasteiger partial charge in [-0.05, 0) is 18.2 Å². The summed E-state index contributed by atoms with van der Waals surface area (Å²) in [5, 5.41) is 4.77. The Kier molecular flexibility index (Phi) is 3.76. The van der Waals surface area contributed by atoms with Crippen molar-refractivity contribution in [3.05, 3.63) is 24.0 Å². The van der Waals surface area contributed by atoms with Crippen molar-refractivity contribution in [3.63, 3.8) is 0 Å². The first-order chi connectivity index (χ1) is 7.30. The zero-order valence-electron chi connectivity index (χ0n) is 7.86. The molecule has 8 heteroatoms. The molecule has 0 aliphatic heterocycles. The summed E-state index contributed by atoms with van der Waals surface area (Å²) < 4.78 is 62.9. The summed E-state index contributed by atoms with van der Waals surface area (Å²) in [4.78, 5) is -0.659. The Labute approximate surface area is 89.9 Å². The average molecular weight is 255 g/mol. The Hall–Kier alpha value is -1.28. The molecule has 16 heavy (non-hydrogen) atoms. The normalized spacial score (nSPS) is 11.8. The summed E-state index contributed by atoms with van der Waals surface area (Å²) in [7, 11) is -4.21. The maximum Gasteiger partial charge on any atom is 0.272 e. The summed E-state index contributed by atoms with van der Waals surface area (Å²) in [5.41, 5.74) is 0. The number of hydrogen-bond donors (Lipinski definition) is 1. The lowest BCUT2D eigenvalue weighted by Gasteiger charge is -2.09. The number of primary sulfonamides is 1. The molecule has 1 aromatic carbocycles. The van der Waals surface area contributed by atoms with E-state index in [0.29, 0.717) is 6.07 Å². The molecule has 0 aliphatic rings. The van der Waals surface area contributed by atoms with E-state index in [1.165, 1.54) is 0 Å². The van der Waals surface area contributed by atoms with Crippen LogP contribution in [0.15, 0.2) is 23.1 Å². The molecule has 0 heterocycles. The maximum absolute atomic E-state index is 12.8. The van der Waals surface area contributed by atoms with Crippen molar-refractivity contribution in [1.29, 1.82) is 0 Å². The van der Waals surface area contributed by atoms with Crippen LogP contribution in [0, 0.1) is 5.82 Å². The van der Waals surface area contributed by atoms with Gasteiger partial charge < -0.3 is 4.74 Å². The van der Waals surface area contributed by atoms with E-state index in [-0.39, 0.29) is 0 Å². The van der Waals surface area contributed by atoms with Crippen LogP contribution in [0.25, 0.3) is 0 Å². The van der Waals surface area contributed by atoms with E-state index in [1.807, 2.05) is 0 Å². The quantitative estimate of drug-likeness (QED) is 0.876. The number of ether oxygens (including phenoxy) is 1. The summed E-state index contributed by atoms with van der Waals surface area (Å²) in [6.07, 6.45) is -2.77. The topological polar surface area (TPSA) is 69.4 Å². The Morgan fingerprint density at radius 3 is 2.50 bits per heavy atom. The number of alkyl halides is 2. The van der Waals surface area contributed by atoms with Gasteiger partial charge in [-0.1, -0.05) is 0 Å². The molecule has 2 N–H and O–H groups in total. The van der Waals surface area contributed by atoms with Crippen molar-refractivity contribution in [3.8, 4) is 5.75 Å². The molecule has 90 valence electrons. The van der Waals surface area contributed by atoms with Crippen LogP contribution in [-0.2, 0) is 10.0 Å². The maximum atomic E-state index is 12.8. The van der Waals surface area contributed by atoms with Crippen molar-refractivity contribution in [2.24, 2.45) is 5.14 Å². The fourth-order valence-electron chi connectivity index (χ4n) is 0.976. The third-order valence-corrected chi connectivity index (χ3v) is 2.51. The van der Waals surface area contributed by atoms with Crippen LogP contribution in [0.4, 0.5) is 13.2 Å². The first kappa shape index (κ1) is 12.8. The summed E-state index contributed by atoms with van der Waals surface area (Å²) in [5.74, 6) is -1.25. The molecule has 0 spiro atoms. The smallest absolute Gasteiger partial charge is 0.272 e. The highest BCUT2D eigenvalue weighted by atomic mass is 32.2. The van der Waals surface area contributed by atoms with Gasteiger partial charge in [-0.3, -0.25) is 0 Å². The lowest BCUT2D eigenvalue weighted by atomic mass is 10.3. The summed E-state index contributed by atoms with van der Waals surface area (Å²) in [6.45, 7) is -0.992. The molecule has 0 saturated heterocycles. The van der Waals surface area contributed by atoms with Gasteiger partial charge in [0.05, 0.1) is 0 Å². The number of rotatable bonds is 4. The van der Waals surface area contributed by atoms with Crippen LogP contribution < -0.4 is 9.88 Å². The third kappa shape index (κ3) is 3.38. The molecular formula is C8H8F3NO3S. The molecule has 1 aromatic rings. The zero-order chi connectivity index (χ0) is 12.3. The van der Waals surface area contributed by atoms with Crippen molar-refractivity contribution in [2.45, 2.75) is 11.3 Å². The van der Waals surface area contributed by atoms with Gasteiger partial charge in [-0.15, -0.1) is 0 Å². The Morgan fingerprint density at radius 1 is 1.38 bits per heavy atom. The van der Waals surface area contributed by atoms with Crippen molar-refractivity contribution in [2.75, 3.05) is 6.61 Å². The van der Waals surface area contributed by atoms with Gasteiger partial charge in [0, 0.05) is 0 Å². The van der Waals surface area contributed by atoms with Gasteiger partial charge in [0.2, 0.25) is 10.0 Å². The van der Waals surface area contributed by atoms with Crippen molar-refractivity contribution < 1.29 is 26.3 Å². The SMILES string of the molecule is NS(=O)(=O)c1cc(F)ccc1OCC(F)F. The van der Waals surface area contributed by atoms with E-state index in [0.717, 1.165) is 12.1 Å². The van der Waals surface area contributed by atoms with E-state index >= 15 is 0 Å². The first-order valence-electron chi connectivity index (χ1n) is 4.04. The first-order valence-corrected chi connectivity index (χ1v) is 5.58. The van der Waals surface area contributed by atoms with Gasteiger partial charge in [0.15, 0.2) is 0 Å². The number of benzene rings is 1. The van der Waals surface area contributed by atoms with Crippen molar-refractivity contribution >= 4 is 10.0 Å². The molecule has 0 amide bonds. The second-order valence-electron chi connectivity index (χ2n) is 2.84. The highest BCUT2D eigenvalue weighted by molar-refractivity contribution is 7.89. The number of sulfonamides is 1. The van der Waals surface area contributed by atoms with E-state index in [2.05, 4.69) is 4.74 Å². The molecule has 0 aromatic heterocycles. The number of halogens is 3. The molecule has 0 fully saturated rings. The minimum Gasteiger partial charge on any atom is -0.486 e. The fraction of sp³-hybridized carbons (Fsp3) is 0.250. The predicted octanol–water partition coefficient (Wildman–Crippen LogP) is 1.12. The highest BCUT2D eigenvalue weighted by Crippen LogP contribution is 2.23. The zero-order valence-corrected chi connectivity index (χ0v) is 8.68. The van der Waals surface area contributed by atoms with Crippen LogP contribution in [0.2, 0.25) is 0 Å². The summed E-state index contributed by atoms with van der Waals surface area (Å²) >= 11 is 0. The lowest BCUT2D eigenvalue weighted by Crippen LogP contribution is -2.16. The van der Waals surface area contributed by atoms with Crippen LogP contribution in [0.3, 0.4) is 0 Å². The van der Waals surface area contributed by atoms with Gasteiger partial charge in [0.1, 0.15) is 23.1 Å². The van der Waals surface area contributed by atoms with Gasteiger partial charge in [0.25, 0.3) is 6.43 Å². The highest BCUT2D eigenvalue weighted by Gasteiger charge is 2.17. The lowest BCUT2D eigenvalue weighted by molar-refractivity contribution is 0.0803. The van der Waals surface area contributed by atoms with E-state index in [9.17, 15) is 21.6 Å². The average Bonchev–Trinajstić information content (AvgIpc) is 2.14. The van der Waals surface area contributed by atoms with Crippen LogP contribution in [0.1, 0.15) is 0 Å². The molecule has 0 bridgehead atoms. The molecular weight excluding hydrogens is 247 g/mol. The standard InChI is InChI=1S/C8H8F3NO3S/c9-5-1-2-6(15-4-8(10)11)7(3-5)16(12,13)14/h1-3,8H,4H2,(H2,12,13,14). The third-order valence-electron chi connectivity index (χ3n) is 1.58. The minimum absolute atomic E-state index is 0.399. The minimum atomic E-state index is -4.21. The Bertz CT molecular complexity index is 475. The number of hydrogen-bond acceptors (Lipinski definition) is 3. The van der Waals surface area contributed by atoms with E-state index in [1.54, 1.807) is 0 Å². The molecule has 1 rings (SSSR count). The number of nitrogens with two attached hydrogens (primary N) is 1. The largest absolute Gasteiger partial charge is 0.486 e. The molecule has 0 unspecified atom stereocenters. The summed E-state index contributed by atoms with van der Waals surface area (Å²) in [6, 6.07) is 2.42. The predicted molar refractivity (Wildman–Crippen MR) is 49.3 cm³/mol. The van der Waals surface area contributed by atoms with E-state index < -0.39 is 39.5 Å². The fourth-order valence-corrected chi connectivity index (χ4v) is 1.66. The van der Waals surface area contributed by atoms with Crippen LogP contribution >= 0.6 is 0 Å². The van der Waals surface area contributed by atoms with Crippen LogP contribution in [-0.4, -0.2) is 21.5 Å². The Morgan fingerprint density at radius 2 is 2.00 bits per heavy atom. The monoisotopic (exact) mass is 255 g/mol. The Balaban J connectivity index is 3.09. The molecule has 0 aliphatic carbocycles. The molecule has 0 saturated carbocycles. The van der Waals surface area contributed by atoms with Crippen molar-refractivity contribution in [1.82, 2.24) is 0 Å². The van der Waals surface area contributed by atoms with Crippen LogP contribution in [0.5, 0.6) is 5.75 Å². The molecule has 4 nitrogen and oxygen atoms in total. The van der Waals surface area contributed by atoms with E-state index in [4.69, 9.17) is 5.14 Å². The molecule has 0 radical (unpaired) electrons.